The van der Waals surface area contributed by atoms with Crippen molar-refractivity contribution < 1.29 is 9.84 Å². The van der Waals surface area contributed by atoms with Gasteiger partial charge in [-0.15, -0.1) is 0 Å². The molecule has 2 aromatic rings. The Bertz CT molecular complexity index is 526. The first-order valence-electron chi connectivity index (χ1n) is 6.26. The first-order chi connectivity index (χ1) is 9.20. The van der Waals surface area contributed by atoms with Gasteiger partial charge in [0.2, 0.25) is 0 Å². The standard InChI is InChI=1S/C16H17BrO2/c1-19-16-10-8-12(11-14(16)17)7-9-15(18)13-5-3-2-4-6-13/h2-6,8,10-11,15,18H,7,9H2,1H3. The van der Waals surface area contributed by atoms with E-state index in [1.807, 2.05) is 48.5 Å². The molecule has 0 saturated carbocycles. The predicted molar refractivity (Wildman–Crippen MR) is 80.4 cm³/mol. The quantitative estimate of drug-likeness (QED) is 0.897. The van der Waals surface area contributed by atoms with E-state index in [9.17, 15) is 5.11 Å². The van der Waals surface area contributed by atoms with Gasteiger partial charge in [0.25, 0.3) is 0 Å². The van der Waals surface area contributed by atoms with Crippen LogP contribution in [0.4, 0.5) is 0 Å². The third-order valence-corrected chi connectivity index (χ3v) is 3.73. The van der Waals surface area contributed by atoms with Gasteiger partial charge in [0.1, 0.15) is 5.75 Å². The molecule has 0 saturated heterocycles. The second-order valence-electron chi connectivity index (χ2n) is 4.43. The monoisotopic (exact) mass is 320 g/mol. The molecular weight excluding hydrogens is 304 g/mol. The van der Waals surface area contributed by atoms with Crippen molar-refractivity contribution in [1.29, 1.82) is 0 Å². The van der Waals surface area contributed by atoms with Gasteiger partial charge in [0.05, 0.1) is 17.7 Å². The number of rotatable bonds is 5. The lowest BCUT2D eigenvalue weighted by Crippen LogP contribution is -1.99. The van der Waals surface area contributed by atoms with Crippen molar-refractivity contribution in [2.75, 3.05) is 7.11 Å². The molecule has 0 aromatic heterocycles. The summed E-state index contributed by atoms with van der Waals surface area (Å²) >= 11 is 3.47. The lowest BCUT2D eigenvalue weighted by atomic mass is 10.0. The number of methoxy groups -OCH3 is 1. The number of aliphatic hydroxyl groups is 1. The molecule has 100 valence electrons. The van der Waals surface area contributed by atoms with Gasteiger partial charge >= 0.3 is 0 Å². The van der Waals surface area contributed by atoms with Gasteiger partial charge in [-0.2, -0.15) is 0 Å². The normalized spacial score (nSPS) is 12.2. The van der Waals surface area contributed by atoms with Crippen molar-refractivity contribution in [3.05, 3.63) is 64.1 Å². The van der Waals surface area contributed by atoms with Crippen molar-refractivity contribution >= 4 is 15.9 Å². The van der Waals surface area contributed by atoms with Crippen LogP contribution in [-0.4, -0.2) is 12.2 Å². The molecule has 0 radical (unpaired) electrons. The van der Waals surface area contributed by atoms with Gasteiger partial charge < -0.3 is 9.84 Å². The van der Waals surface area contributed by atoms with Crippen LogP contribution in [0.2, 0.25) is 0 Å². The van der Waals surface area contributed by atoms with E-state index in [0.717, 1.165) is 22.2 Å². The van der Waals surface area contributed by atoms with Crippen LogP contribution < -0.4 is 4.74 Å². The molecule has 0 bridgehead atoms. The van der Waals surface area contributed by atoms with Crippen molar-refractivity contribution in [3.63, 3.8) is 0 Å². The van der Waals surface area contributed by atoms with Crippen LogP contribution in [0.3, 0.4) is 0 Å². The molecule has 0 aliphatic rings. The molecule has 3 heteroatoms. The van der Waals surface area contributed by atoms with E-state index >= 15 is 0 Å². The minimum atomic E-state index is -0.415. The fourth-order valence-corrected chi connectivity index (χ4v) is 2.60. The van der Waals surface area contributed by atoms with Crippen molar-refractivity contribution in [3.8, 4) is 5.75 Å². The highest BCUT2D eigenvalue weighted by atomic mass is 79.9. The highest BCUT2D eigenvalue weighted by Crippen LogP contribution is 2.27. The highest BCUT2D eigenvalue weighted by molar-refractivity contribution is 9.10. The molecule has 0 aliphatic carbocycles. The smallest absolute Gasteiger partial charge is 0.133 e. The lowest BCUT2D eigenvalue weighted by Gasteiger charge is -2.11. The number of aryl methyl sites for hydroxylation is 1. The van der Waals surface area contributed by atoms with Crippen LogP contribution in [0.1, 0.15) is 23.7 Å². The topological polar surface area (TPSA) is 29.5 Å². The van der Waals surface area contributed by atoms with E-state index in [2.05, 4.69) is 15.9 Å². The van der Waals surface area contributed by atoms with Crippen molar-refractivity contribution in [1.82, 2.24) is 0 Å². The first-order valence-corrected chi connectivity index (χ1v) is 7.05. The average Bonchev–Trinajstić information content (AvgIpc) is 2.46. The molecule has 1 unspecified atom stereocenters. The minimum absolute atomic E-state index is 0.415. The molecule has 0 heterocycles. The maximum atomic E-state index is 10.1. The van der Waals surface area contributed by atoms with Gasteiger partial charge in [-0.05, 0) is 52.0 Å². The predicted octanol–water partition coefficient (Wildman–Crippen LogP) is 4.12. The summed E-state index contributed by atoms with van der Waals surface area (Å²) in [6, 6.07) is 15.8. The van der Waals surface area contributed by atoms with Crippen molar-refractivity contribution in [2.24, 2.45) is 0 Å². The number of aliphatic hydroxyl groups excluding tert-OH is 1. The second-order valence-corrected chi connectivity index (χ2v) is 5.29. The molecular formula is C16H17BrO2. The van der Waals surface area contributed by atoms with Crippen molar-refractivity contribution in [2.45, 2.75) is 18.9 Å². The second kappa shape index (κ2) is 6.73. The largest absolute Gasteiger partial charge is 0.496 e. The summed E-state index contributed by atoms with van der Waals surface area (Å²) in [5.74, 6) is 0.826. The Balaban J connectivity index is 1.97. The summed E-state index contributed by atoms with van der Waals surface area (Å²) in [6.07, 6.45) is 1.13. The van der Waals surface area contributed by atoms with E-state index in [1.165, 1.54) is 5.56 Å². The zero-order chi connectivity index (χ0) is 13.7. The summed E-state index contributed by atoms with van der Waals surface area (Å²) in [5, 5.41) is 10.1. The third-order valence-electron chi connectivity index (χ3n) is 3.11. The zero-order valence-corrected chi connectivity index (χ0v) is 12.4. The summed E-state index contributed by atoms with van der Waals surface area (Å²) in [7, 11) is 1.65. The van der Waals surface area contributed by atoms with Crippen LogP contribution >= 0.6 is 15.9 Å². The van der Waals surface area contributed by atoms with Gasteiger partial charge in [0, 0.05) is 0 Å². The van der Waals surface area contributed by atoms with Crippen LogP contribution in [0.25, 0.3) is 0 Å². The fourth-order valence-electron chi connectivity index (χ4n) is 2.01. The minimum Gasteiger partial charge on any atom is -0.496 e. The Morgan fingerprint density at radius 3 is 2.53 bits per heavy atom. The van der Waals surface area contributed by atoms with Gasteiger partial charge in [-0.25, -0.2) is 0 Å². The summed E-state index contributed by atoms with van der Waals surface area (Å²) in [6.45, 7) is 0. The molecule has 19 heavy (non-hydrogen) atoms. The molecule has 2 rings (SSSR count). The molecule has 1 atom stereocenters. The molecule has 2 nitrogen and oxygen atoms in total. The number of halogens is 1. The van der Waals surface area contributed by atoms with E-state index in [4.69, 9.17) is 4.74 Å². The molecule has 0 spiro atoms. The van der Waals surface area contributed by atoms with E-state index in [-0.39, 0.29) is 0 Å². The Morgan fingerprint density at radius 1 is 1.16 bits per heavy atom. The highest BCUT2D eigenvalue weighted by Gasteiger charge is 2.08. The van der Waals surface area contributed by atoms with Crippen LogP contribution in [0, 0.1) is 0 Å². The molecule has 0 amide bonds. The molecule has 2 aromatic carbocycles. The first kappa shape index (κ1) is 14.1. The fraction of sp³-hybridized carbons (Fsp3) is 0.250. The number of ether oxygens (including phenoxy) is 1. The maximum Gasteiger partial charge on any atom is 0.133 e. The molecule has 1 N–H and O–H groups in total. The van der Waals surface area contributed by atoms with Gasteiger partial charge in [-0.3, -0.25) is 0 Å². The Kier molecular flexibility index (Phi) is 5.00. The zero-order valence-electron chi connectivity index (χ0n) is 10.8. The summed E-state index contributed by atoms with van der Waals surface area (Å²) in [4.78, 5) is 0. The number of hydrogen-bond acceptors (Lipinski definition) is 2. The number of benzene rings is 2. The maximum absolute atomic E-state index is 10.1. The molecule has 0 aliphatic heterocycles. The van der Waals surface area contributed by atoms with E-state index in [1.54, 1.807) is 7.11 Å². The van der Waals surface area contributed by atoms with Gasteiger partial charge in [-0.1, -0.05) is 36.4 Å². The summed E-state index contributed by atoms with van der Waals surface area (Å²) < 4.78 is 6.14. The van der Waals surface area contributed by atoms with Crippen LogP contribution in [0.15, 0.2) is 53.0 Å². The number of hydrogen-bond donors (Lipinski definition) is 1. The average molecular weight is 321 g/mol. The Morgan fingerprint density at radius 2 is 1.89 bits per heavy atom. The van der Waals surface area contributed by atoms with Crippen LogP contribution in [-0.2, 0) is 6.42 Å². The summed E-state index contributed by atoms with van der Waals surface area (Å²) in [5.41, 5.74) is 2.15. The lowest BCUT2D eigenvalue weighted by molar-refractivity contribution is 0.168. The van der Waals surface area contributed by atoms with E-state index in [0.29, 0.717) is 6.42 Å². The SMILES string of the molecule is COc1ccc(CCC(O)c2ccccc2)cc1Br. The Labute approximate surface area is 122 Å². The van der Waals surface area contributed by atoms with Gasteiger partial charge in [0.15, 0.2) is 0 Å². The van der Waals surface area contributed by atoms with Crippen LogP contribution in [0.5, 0.6) is 5.75 Å². The third kappa shape index (κ3) is 3.82. The molecule has 0 fully saturated rings. The van der Waals surface area contributed by atoms with E-state index < -0.39 is 6.10 Å². The Hall–Kier alpha value is -1.32.